The summed E-state index contributed by atoms with van der Waals surface area (Å²) in [4.78, 5) is 15.4. The van der Waals surface area contributed by atoms with Crippen LogP contribution in [0.4, 0.5) is 0 Å². The SMILES string of the molecule is CC1(C)CN(C(=O)[C@@H]2CCCO[C@H]2c2cn[nH]c2)Cc2ccccc2O1. The lowest BCUT2D eigenvalue weighted by Gasteiger charge is -2.36. The Hall–Kier alpha value is -2.34. The van der Waals surface area contributed by atoms with E-state index in [4.69, 9.17) is 9.47 Å². The van der Waals surface area contributed by atoms with Crippen LogP contribution in [0.15, 0.2) is 36.7 Å². The molecule has 4 rings (SSSR count). The summed E-state index contributed by atoms with van der Waals surface area (Å²) in [7, 11) is 0. The van der Waals surface area contributed by atoms with Gasteiger partial charge >= 0.3 is 0 Å². The normalized spacial score (nSPS) is 25.1. The van der Waals surface area contributed by atoms with Crippen LogP contribution in [0.1, 0.15) is 43.9 Å². The summed E-state index contributed by atoms with van der Waals surface area (Å²) in [6, 6.07) is 7.96. The molecule has 0 bridgehead atoms. The van der Waals surface area contributed by atoms with Gasteiger partial charge in [0.15, 0.2) is 0 Å². The van der Waals surface area contributed by atoms with E-state index in [9.17, 15) is 4.79 Å². The minimum atomic E-state index is -0.442. The van der Waals surface area contributed by atoms with Crippen LogP contribution in [-0.2, 0) is 16.1 Å². The summed E-state index contributed by atoms with van der Waals surface area (Å²) < 4.78 is 12.1. The van der Waals surface area contributed by atoms with Crippen LogP contribution in [0.25, 0.3) is 0 Å². The molecule has 0 radical (unpaired) electrons. The number of fused-ring (bicyclic) bond motifs is 1. The molecule has 3 heterocycles. The van der Waals surface area contributed by atoms with Gasteiger partial charge in [0.25, 0.3) is 0 Å². The highest BCUT2D eigenvalue weighted by molar-refractivity contribution is 5.80. The number of carbonyl (C=O) groups is 1. The van der Waals surface area contributed by atoms with Gasteiger partial charge in [-0.05, 0) is 32.8 Å². The molecule has 26 heavy (non-hydrogen) atoms. The molecule has 138 valence electrons. The Kier molecular flexibility index (Phi) is 4.44. The molecule has 6 nitrogen and oxygen atoms in total. The molecule has 1 aromatic heterocycles. The number of aromatic nitrogens is 2. The number of ether oxygens (including phenoxy) is 2. The molecule has 1 fully saturated rings. The van der Waals surface area contributed by atoms with E-state index in [0.29, 0.717) is 19.7 Å². The van der Waals surface area contributed by atoms with Crippen molar-refractivity contribution in [1.29, 1.82) is 0 Å². The Morgan fingerprint density at radius 3 is 3.00 bits per heavy atom. The van der Waals surface area contributed by atoms with E-state index >= 15 is 0 Å². The zero-order valence-corrected chi connectivity index (χ0v) is 15.3. The van der Waals surface area contributed by atoms with Gasteiger partial charge in [-0.2, -0.15) is 5.10 Å². The molecule has 0 saturated carbocycles. The topological polar surface area (TPSA) is 67.5 Å². The average Bonchev–Trinajstić information content (AvgIpc) is 3.11. The van der Waals surface area contributed by atoms with Crippen molar-refractivity contribution in [3.05, 3.63) is 47.8 Å². The summed E-state index contributed by atoms with van der Waals surface area (Å²) >= 11 is 0. The van der Waals surface area contributed by atoms with Crippen molar-refractivity contribution in [1.82, 2.24) is 15.1 Å². The van der Waals surface area contributed by atoms with Crippen LogP contribution < -0.4 is 4.74 Å². The first-order valence-corrected chi connectivity index (χ1v) is 9.19. The van der Waals surface area contributed by atoms with Crippen LogP contribution in [0.3, 0.4) is 0 Å². The van der Waals surface area contributed by atoms with E-state index in [2.05, 4.69) is 10.2 Å². The summed E-state index contributed by atoms with van der Waals surface area (Å²) in [5.74, 6) is 0.797. The van der Waals surface area contributed by atoms with Gasteiger partial charge in [-0.15, -0.1) is 0 Å². The molecule has 1 aromatic carbocycles. The zero-order chi connectivity index (χ0) is 18.1. The van der Waals surface area contributed by atoms with Gasteiger partial charge in [0.1, 0.15) is 11.4 Å². The Morgan fingerprint density at radius 1 is 1.35 bits per heavy atom. The number of hydrogen-bond acceptors (Lipinski definition) is 4. The smallest absolute Gasteiger partial charge is 0.229 e. The quantitative estimate of drug-likeness (QED) is 0.899. The van der Waals surface area contributed by atoms with E-state index in [1.54, 1.807) is 6.20 Å². The minimum absolute atomic E-state index is 0.129. The van der Waals surface area contributed by atoms with Gasteiger partial charge in [-0.3, -0.25) is 9.89 Å². The van der Waals surface area contributed by atoms with Crippen molar-refractivity contribution in [3.8, 4) is 5.75 Å². The van der Waals surface area contributed by atoms with Crippen molar-refractivity contribution < 1.29 is 14.3 Å². The molecule has 2 aromatic rings. The maximum Gasteiger partial charge on any atom is 0.229 e. The Bertz CT molecular complexity index is 772. The molecule has 1 N–H and O–H groups in total. The molecular weight excluding hydrogens is 330 g/mol. The van der Waals surface area contributed by atoms with Crippen molar-refractivity contribution in [2.45, 2.75) is 44.9 Å². The Balaban J connectivity index is 1.62. The van der Waals surface area contributed by atoms with E-state index in [-0.39, 0.29) is 17.9 Å². The highest BCUT2D eigenvalue weighted by atomic mass is 16.5. The van der Waals surface area contributed by atoms with Crippen LogP contribution in [0.2, 0.25) is 0 Å². The zero-order valence-electron chi connectivity index (χ0n) is 15.3. The highest BCUT2D eigenvalue weighted by Gasteiger charge is 2.39. The summed E-state index contributed by atoms with van der Waals surface area (Å²) in [5, 5.41) is 6.85. The van der Waals surface area contributed by atoms with Crippen LogP contribution in [0, 0.1) is 5.92 Å². The molecule has 6 heteroatoms. The predicted molar refractivity (Wildman–Crippen MR) is 96.6 cm³/mol. The van der Waals surface area contributed by atoms with Gasteiger partial charge in [-0.1, -0.05) is 18.2 Å². The first kappa shape index (κ1) is 17.1. The van der Waals surface area contributed by atoms with Gasteiger partial charge in [-0.25, -0.2) is 0 Å². The van der Waals surface area contributed by atoms with Gasteiger partial charge in [0, 0.05) is 30.5 Å². The lowest BCUT2D eigenvalue weighted by molar-refractivity contribution is -0.148. The molecule has 0 spiro atoms. The number of amides is 1. The maximum atomic E-state index is 13.5. The molecular formula is C20H25N3O3. The number of nitrogens with one attached hydrogen (secondary N) is 1. The largest absolute Gasteiger partial charge is 0.486 e. The lowest BCUT2D eigenvalue weighted by Crippen LogP contribution is -2.47. The summed E-state index contributed by atoms with van der Waals surface area (Å²) in [6.45, 7) is 5.85. The number of para-hydroxylation sites is 1. The molecule has 0 aliphatic carbocycles. The maximum absolute atomic E-state index is 13.5. The summed E-state index contributed by atoms with van der Waals surface area (Å²) in [5.41, 5.74) is 1.54. The Morgan fingerprint density at radius 2 is 2.19 bits per heavy atom. The number of nitrogens with zero attached hydrogens (tertiary/aromatic N) is 2. The van der Waals surface area contributed by atoms with Crippen molar-refractivity contribution in [3.63, 3.8) is 0 Å². The van der Waals surface area contributed by atoms with E-state index in [1.165, 1.54) is 0 Å². The highest BCUT2D eigenvalue weighted by Crippen LogP contribution is 2.36. The molecule has 1 saturated heterocycles. The third-order valence-corrected chi connectivity index (χ3v) is 5.09. The number of rotatable bonds is 2. The van der Waals surface area contributed by atoms with Crippen LogP contribution in [-0.4, -0.2) is 39.8 Å². The Labute approximate surface area is 153 Å². The van der Waals surface area contributed by atoms with E-state index in [1.807, 2.05) is 49.2 Å². The van der Waals surface area contributed by atoms with Gasteiger partial charge < -0.3 is 14.4 Å². The fraction of sp³-hybridized carbons (Fsp3) is 0.500. The second-order valence-electron chi connectivity index (χ2n) is 7.74. The fourth-order valence-corrected chi connectivity index (χ4v) is 3.95. The van der Waals surface area contributed by atoms with Gasteiger partial charge in [0.2, 0.25) is 5.91 Å². The number of H-pyrrole nitrogens is 1. The molecule has 2 aliphatic heterocycles. The number of carbonyl (C=O) groups excluding carboxylic acids is 1. The van der Waals surface area contributed by atoms with Crippen molar-refractivity contribution >= 4 is 5.91 Å². The summed E-state index contributed by atoms with van der Waals surface area (Å²) in [6.07, 6.45) is 5.06. The minimum Gasteiger partial charge on any atom is -0.486 e. The molecule has 0 unspecified atom stereocenters. The number of hydrogen-bond donors (Lipinski definition) is 1. The van der Waals surface area contributed by atoms with Gasteiger partial charge in [0.05, 0.1) is 24.8 Å². The second kappa shape index (κ2) is 6.76. The second-order valence-corrected chi connectivity index (χ2v) is 7.74. The third-order valence-electron chi connectivity index (χ3n) is 5.09. The van der Waals surface area contributed by atoms with Crippen LogP contribution >= 0.6 is 0 Å². The first-order chi connectivity index (χ1) is 12.5. The monoisotopic (exact) mass is 355 g/mol. The lowest BCUT2D eigenvalue weighted by atomic mass is 9.89. The molecule has 2 aliphatic rings. The number of benzene rings is 1. The third kappa shape index (κ3) is 3.33. The van der Waals surface area contributed by atoms with E-state index in [0.717, 1.165) is 29.7 Å². The molecule has 1 amide bonds. The fourth-order valence-electron chi connectivity index (χ4n) is 3.95. The standard InChI is InChI=1S/C20H25N3O3/c1-20(2)13-23(12-14-6-3-4-8-17(14)26-20)19(24)16-7-5-9-25-18(16)15-10-21-22-11-15/h3-4,6,8,10-11,16,18H,5,7,9,12-13H2,1-2H3,(H,21,22)/t16-,18+/m1/s1. The molecule has 2 atom stereocenters. The van der Waals surface area contributed by atoms with Crippen molar-refractivity contribution in [2.75, 3.05) is 13.2 Å². The van der Waals surface area contributed by atoms with E-state index < -0.39 is 5.60 Å². The predicted octanol–water partition coefficient (Wildman–Crippen LogP) is 3.08. The number of aromatic amines is 1. The first-order valence-electron chi connectivity index (χ1n) is 9.19. The average molecular weight is 355 g/mol. The van der Waals surface area contributed by atoms with Crippen LogP contribution in [0.5, 0.6) is 5.75 Å². The van der Waals surface area contributed by atoms with Crippen molar-refractivity contribution in [2.24, 2.45) is 5.92 Å².